The number of hydrogen-bond acceptors (Lipinski definition) is 6. The van der Waals surface area contributed by atoms with Gasteiger partial charge in [-0.15, -0.1) is 0 Å². The third-order valence-corrected chi connectivity index (χ3v) is 6.43. The van der Waals surface area contributed by atoms with Gasteiger partial charge in [-0.2, -0.15) is 0 Å². The van der Waals surface area contributed by atoms with Gasteiger partial charge in [0.2, 0.25) is 17.6 Å². The third-order valence-electron chi connectivity index (χ3n) is 6.43. The molecule has 204 valence electrons. The fourth-order valence-corrected chi connectivity index (χ4v) is 4.49. The number of ether oxygens (including phenoxy) is 1. The van der Waals surface area contributed by atoms with Crippen LogP contribution in [0.2, 0.25) is 0 Å². The molecule has 1 heterocycles. The zero-order valence-corrected chi connectivity index (χ0v) is 22.4. The summed E-state index contributed by atoms with van der Waals surface area (Å²) >= 11 is 0. The van der Waals surface area contributed by atoms with E-state index in [0.29, 0.717) is 25.8 Å². The lowest BCUT2D eigenvalue weighted by Gasteiger charge is -2.35. The highest BCUT2D eigenvalue weighted by atomic mass is 16.6. The highest BCUT2D eigenvalue weighted by molar-refractivity contribution is 6.37. The maximum Gasteiger partial charge on any atom is 0.408 e. The summed E-state index contributed by atoms with van der Waals surface area (Å²) in [6.07, 6.45) is 5.66. The van der Waals surface area contributed by atoms with E-state index in [-0.39, 0.29) is 17.7 Å². The van der Waals surface area contributed by atoms with E-state index in [4.69, 9.17) is 10.5 Å². The number of amides is 4. The summed E-state index contributed by atoms with van der Waals surface area (Å²) in [5.74, 6) is -2.37. The number of ketones is 1. The Bertz CT molecular complexity index is 818. The van der Waals surface area contributed by atoms with E-state index < -0.39 is 47.4 Å². The minimum Gasteiger partial charge on any atom is -0.444 e. The molecule has 10 heteroatoms. The minimum atomic E-state index is -1.08. The summed E-state index contributed by atoms with van der Waals surface area (Å²) in [5.41, 5.74) is 4.52. The van der Waals surface area contributed by atoms with Gasteiger partial charge in [-0.1, -0.05) is 46.0 Å². The van der Waals surface area contributed by atoms with Crippen LogP contribution in [0, 0.1) is 11.8 Å². The van der Waals surface area contributed by atoms with Crippen molar-refractivity contribution in [1.82, 2.24) is 15.5 Å². The first-order chi connectivity index (χ1) is 16.8. The Labute approximate surface area is 214 Å². The Kier molecular flexibility index (Phi) is 10.7. The molecule has 1 aliphatic heterocycles. The summed E-state index contributed by atoms with van der Waals surface area (Å²) in [5, 5.41) is 5.44. The molecule has 1 saturated heterocycles. The molecule has 36 heavy (non-hydrogen) atoms. The highest BCUT2D eigenvalue weighted by Gasteiger charge is 2.38. The molecule has 4 N–H and O–H groups in total. The van der Waals surface area contributed by atoms with Gasteiger partial charge in [0.15, 0.2) is 0 Å². The average molecular weight is 509 g/mol. The van der Waals surface area contributed by atoms with E-state index in [9.17, 15) is 24.0 Å². The van der Waals surface area contributed by atoms with Gasteiger partial charge in [0, 0.05) is 6.54 Å². The largest absolute Gasteiger partial charge is 0.444 e. The monoisotopic (exact) mass is 508 g/mol. The second-order valence-electron chi connectivity index (χ2n) is 11.5. The predicted octanol–water partition coefficient (Wildman–Crippen LogP) is 2.43. The normalized spacial score (nSPS) is 21.0. The third kappa shape index (κ3) is 9.78. The fourth-order valence-electron chi connectivity index (χ4n) is 4.49. The van der Waals surface area contributed by atoms with Gasteiger partial charge >= 0.3 is 6.09 Å². The fraction of sp³-hybridized carbons (Fsp3) is 0.808. The number of hydrogen-bond donors (Lipinski definition) is 3. The molecule has 4 amide bonds. The van der Waals surface area contributed by atoms with Crippen molar-refractivity contribution in [3.63, 3.8) is 0 Å². The SMILES string of the molecule is CC(C)C[C@@H](C(=O)NC(CC1CC1)C(=O)C(N)=O)N1CCCCCC[C@H](NC(=O)OC(C)(C)C)C1=O. The first-order valence-corrected chi connectivity index (χ1v) is 13.2. The smallest absolute Gasteiger partial charge is 0.408 e. The number of alkyl carbamates (subject to hydrolysis) is 1. The lowest BCUT2D eigenvalue weighted by atomic mass is 9.98. The second-order valence-corrected chi connectivity index (χ2v) is 11.5. The topological polar surface area (TPSA) is 148 Å². The quantitative estimate of drug-likeness (QED) is 0.386. The summed E-state index contributed by atoms with van der Waals surface area (Å²) in [6.45, 7) is 9.50. The van der Waals surface area contributed by atoms with Crippen LogP contribution in [0.15, 0.2) is 0 Å². The van der Waals surface area contributed by atoms with Crippen molar-refractivity contribution in [2.75, 3.05) is 6.54 Å². The number of carbonyl (C=O) groups excluding carboxylic acids is 5. The number of primary amides is 1. The van der Waals surface area contributed by atoms with Crippen molar-refractivity contribution >= 4 is 29.6 Å². The molecular weight excluding hydrogens is 464 g/mol. The van der Waals surface area contributed by atoms with Crippen LogP contribution in [-0.2, 0) is 23.9 Å². The molecule has 0 aromatic carbocycles. The standard InChI is InChI=1S/C26H44N4O6/c1-16(2)14-20(23(33)28-19(15-17-11-12-17)21(31)22(27)32)30-13-9-7-6-8-10-18(24(30)34)29-25(35)36-26(3,4)5/h16-20H,6-15H2,1-5H3,(H2,27,32)(H,28,33)(H,29,35)/t18-,19?,20-/m0/s1. The molecule has 1 unspecified atom stereocenters. The van der Waals surface area contributed by atoms with E-state index >= 15 is 0 Å². The van der Waals surface area contributed by atoms with Crippen molar-refractivity contribution in [2.45, 2.75) is 116 Å². The van der Waals surface area contributed by atoms with Crippen LogP contribution in [0.1, 0.15) is 92.4 Å². The molecular formula is C26H44N4O6. The van der Waals surface area contributed by atoms with Crippen molar-refractivity contribution in [2.24, 2.45) is 17.6 Å². The van der Waals surface area contributed by atoms with Crippen LogP contribution in [0.3, 0.4) is 0 Å². The van der Waals surface area contributed by atoms with Crippen LogP contribution in [0.4, 0.5) is 4.79 Å². The number of carbonyl (C=O) groups is 5. The molecule has 0 bridgehead atoms. The molecule has 0 aromatic rings. The van der Waals surface area contributed by atoms with Crippen LogP contribution in [0.25, 0.3) is 0 Å². The van der Waals surface area contributed by atoms with Gasteiger partial charge in [0.25, 0.3) is 5.91 Å². The average Bonchev–Trinajstić information content (AvgIpc) is 3.56. The first-order valence-electron chi connectivity index (χ1n) is 13.2. The first kappa shape index (κ1) is 29.6. The summed E-state index contributed by atoms with van der Waals surface area (Å²) in [4.78, 5) is 65.3. The van der Waals surface area contributed by atoms with Gasteiger partial charge in [-0.3, -0.25) is 19.2 Å². The van der Waals surface area contributed by atoms with E-state index in [1.54, 1.807) is 20.8 Å². The Morgan fingerprint density at radius 3 is 2.25 bits per heavy atom. The number of nitrogens with zero attached hydrogens (tertiary/aromatic N) is 1. The Balaban J connectivity index is 2.28. The number of Topliss-reactive ketones (excluding diaryl/α,β-unsaturated/α-hetero) is 1. The zero-order chi connectivity index (χ0) is 27.0. The van der Waals surface area contributed by atoms with E-state index in [2.05, 4.69) is 10.6 Å². The van der Waals surface area contributed by atoms with Gasteiger partial charge in [0.1, 0.15) is 17.7 Å². The van der Waals surface area contributed by atoms with E-state index in [0.717, 1.165) is 38.5 Å². The molecule has 1 aliphatic carbocycles. The van der Waals surface area contributed by atoms with E-state index in [1.165, 1.54) is 4.90 Å². The van der Waals surface area contributed by atoms with Crippen LogP contribution >= 0.6 is 0 Å². The van der Waals surface area contributed by atoms with Crippen LogP contribution in [-0.4, -0.2) is 64.8 Å². The molecule has 2 fully saturated rings. The van der Waals surface area contributed by atoms with Gasteiger partial charge in [-0.25, -0.2) is 4.79 Å². The van der Waals surface area contributed by atoms with Crippen molar-refractivity contribution < 1.29 is 28.7 Å². The lowest BCUT2D eigenvalue weighted by Crippen LogP contribution is -2.58. The van der Waals surface area contributed by atoms with Gasteiger partial charge in [0.05, 0.1) is 6.04 Å². The van der Waals surface area contributed by atoms with E-state index in [1.807, 2.05) is 13.8 Å². The van der Waals surface area contributed by atoms with Crippen molar-refractivity contribution in [3.8, 4) is 0 Å². The number of rotatable bonds is 10. The highest BCUT2D eigenvalue weighted by Crippen LogP contribution is 2.33. The number of nitrogens with two attached hydrogens (primary N) is 1. The Morgan fingerprint density at radius 2 is 1.69 bits per heavy atom. The molecule has 0 spiro atoms. The molecule has 10 nitrogen and oxygen atoms in total. The van der Waals surface area contributed by atoms with Gasteiger partial charge < -0.3 is 26.0 Å². The van der Waals surface area contributed by atoms with Crippen molar-refractivity contribution in [1.29, 1.82) is 0 Å². The minimum absolute atomic E-state index is 0.0761. The zero-order valence-electron chi connectivity index (χ0n) is 22.4. The van der Waals surface area contributed by atoms with Crippen molar-refractivity contribution in [3.05, 3.63) is 0 Å². The molecule has 0 radical (unpaired) electrons. The molecule has 2 aliphatic rings. The summed E-state index contributed by atoms with van der Waals surface area (Å²) < 4.78 is 5.36. The second kappa shape index (κ2) is 13.1. The Morgan fingerprint density at radius 1 is 1.06 bits per heavy atom. The van der Waals surface area contributed by atoms with Crippen LogP contribution < -0.4 is 16.4 Å². The molecule has 3 atom stereocenters. The summed E-state index contributed by atoms with van der Waals surface area (Å²) in [7, 11) is 0. The maximum atomic E-state index is 13.7. The maximum absolute atomic E-state index is 13.7. The van der Waals surface area contributed by atoms with Crippen LogP contribution in [0.5, 0.6) is 0 Å². The summed E-state index contributed by atoms with van der Waals surface area (Å²) in [6, 6.07) is -2.67. The molecule has 1 saturated carbocycles. The van der Waals surface area contributed by atoms with Gasteiger partial charge in [-0.05, 0) is 58.3 Å². The lowest BCUT2D eigenvalue weighted by molar-refractivity contribution is -0.144. The predicted molar refractivity (Wildman–Crippen MR) is 135 cm³/mol. The Hall–Kier alpha value is -2.65. The molecule has 0 aromatic heterocycles. The molecule has 2 rings (SSSR count). The number of nitrogens with one attached hydrogen (secondary N) is 2.